The van der Waals surface area contributed by atoms with E-state index in [1.54, 1.807) is 0 Å². The predicted octanol–water partition coefficient (Wildman–Crippen LogP) is -7.92. The number of rotatable bonds is 19. The molecule has 1 heterocycles. The number of likely N-dealkylation sites (tertiary alicyclic amines) is 1. The van der Waals surface area contributed by atoms with Gasteiger partial charge in [0.1, 0.15) is 36.3 Å². The van der Waals surface area contributed by atoms with Crippen LogP contribution in [-0.4, -0.2) is 130 Å². The summed E-state index contributed by atoms with van der Waals surface area (Å²) in [4.78, 5) is 123. The summed E-state index contributed by atoms with van der Waals surface area (Å²) in [7, 11) is 0. The number of nitrogens with zero attached hydrogens (tertiary/aromatic N) is 1. The zero-order chi connectivity index (χ0) is 36.0. The monoisotopic (exact) mass is 672 g/mol. The summed E-state index contributed by atoms with van der Waals surface area (Å²) in [5.74, 6) is -10.9. The van der Waals surface area contributed by atoms with Gasteiger partial charge < -0.3 is 64.6 Å². The van der Waals surface area contributed by atoms with Crippen molar-refractivity contribution in [3.05, 3.63) is 0 Å². The Bertz CT molecular complexity index is 1260. The fourth-order valence-corrected chi connectivity index (χ4v) is 4.38. The molecule has 0 bridgehead atoms. The number of hydrogen-bond acceptors (Lipinski definition) is 12. The van der Waals surface area contributed by atoms with E-state index in [4.69, 9.17) is 22.9 Å². The van der Waals surface area contributed by atoms with Crippen molar-refractivity contribution in [2.24, 2.45) is 22.9 Å². The Morgan fingerprint density at radius 2 is 1.13 bits per heavy atom. The van der Waals surface area contributed by atoms with Crippen molar-refractivity contribution in [1.29, 1.82) is 0 Å². The number of nitrogens with one attached hydrogen (secondary N) is 5. The molecule has 1 rings (SSSR count). The first-order valence-corrected chi connectivity index (χ1v) is 14.1. The third-order valence-electron chi connectivity index (χ3n) is 6.69. The lowest BCUT2D eigenvalue weighted by Crippen LogP contribution is -2.61. The minimum absolute atomic E-state index is 0.00128. The molecule has 9 amide bonds. The second kappa shape index (κ2) is 18.6. The lowest BCUT2D eigenvalue weighted by molar-refractivity contribution is -0.149. The second-order valence-electron chi connectivity index (χ2n) is 10.5. The number of carboxylic acids is 1. The van der Waals surface area contributed by atoms with Crippen LogP contribution in [0.25, 0.3) is 0 Å². The fourth-order valence-electron chi connectivity index (χ4n) is 4.38. The van der Waals surface area contributed by atoms with Crippen LogP contribution in [0, 0.1) is 0 Å². The number of carbonyl (C=O) groups is 10. The smallest absolute Gasteiger partial charge is 0.326 e. The molecule has 22 nitrogen and oxygen atoms in total. The van der Waals surface area contributed by atoms with E-state index in [1.807, 2.05) is 5.32 Å². The Balaban J connectivity index is 3.12. The molecule has 1 saturated heterocycles. The first kappa shape index (κ1) is 39.6. The quantitative estimate of drug-likeness (QED) is 0.0608. The van der Waals surface area contributed by atoms with Gasteiger partial charge in [-0.3, -0.25) is 43.2 Å². The van der Waals surface area contributed by atoms with E-state index >= 15 is 0 Å². The highest BCUT2D eigenvalue weighted by Gasteiger charge is 2.39. The molecule has 22 heteroatoms. The highest BCUT2D eigenvalue weighted by Crippen LogP contribution is 2.19. The zero-order valence-electron chi connectivity index (χ0n) is 25.4. The minimum atomic E-state index is -1.86. The number of primary amides is 3. The van der Waals surface area contributed by atoms with Crippen LogP contribution in [0.1, 0.15) is 39.0 Å². The number of aliphatic hydroxyl groups excluding tert-OH is 1. The Labute approximate surface area is 267 Å². The highest BCUT2D eigenvalue weighted by molar-refractivity contribution is 5.99. The van der Waals surface area contributed by atoms with E-state index in [0.717, 1.165) is 4.90 Å². The Morgan fingerprint density at radius 3 is 1.57 bits per heavy atom. The summed E-state index contributed by atoms with van der Waals surface area (Å²) in [5, 5.41) is 29.8. The molecule has 15 N–H and O–H groups in total. The van der Waals surface area contributed by atoms with Gasteiger partial charge in [0.15, 0.2) is 0 Å². The Morgan fingerprint density at radius 1 is 0.702 bits per heavy atom. The molecule has 47 heavy (non-hydrogen) atoms. The second-order valence-corrected chi connectivity index (χ2v) is 10.5. The third-order valence-corrected chi connectivity index (χ3v) is 6.69. The van der Waals surface area contributed by atoms with Crippen molar-refractivity contribution in [1.82, 2.24) is 31.5 Å². The van der Waals surface area contributed by atoms with Gasteiger partial charge in [-0.15, -0.1) is 0 Å². The third kappa shape index (κ3) is 12.9. The Kier molecular flexibility index (Phi) is 15.7. The molecule has 0 unspecified atom stereocenters. The molecule has 1 aliphatic rings. The number of aliphatic hydroxyl groups is 1. The molecule has 0 aromatic rings. The minimum Gasteiger partial charge on any atom is -0.480 e. The summed E-state index contributed by atoms with van der Waals surface area (Å²) < 4.78 is 0. The molecule has 0 radical (unpaired) electrons. The molecular weight excluding hydrogens is 632 g/mol. The maximum atomic E-state index is 13.1. The molecule has 1 aliphatic heterocycles. The number of amides is 9. The number of nitrogens with two attached hydrogens (primary N) is 4. The van der Waals surface area contributed by atoms with E-state index in [0.29, 0.717) is 6.42 Å². The molecule has 1 fully saturated rings. The van der Waals surface area contributed by atoms with Crippen LogP contribution in [0.15, 0.2) is 0 Å². The molecule has 0 saturated carbocycles. The summed E-state index contributed by atoms with van der Waals surface area (Å²) in [6, 6.07) is -9.57. The van der Waals surface area contributed by atoms with Crippen LogP contribution in [0.5, 0.6) is 0 Å². The van der Waals surface area contributed by atoms with Crippen LogP contribution in [0.3, 0.4) is 0 Å². The molecule has 262 valence electrons. The molecule has 0 aromatic carbocycles. The topological polar surface area (TPSA) is 379 Å². The van der Waals surface area contributed by atoms with Gasteiger partial charge in [0.25, 0.3) is 0 Å². The van der Waals surface area contributed by atoms with Crippen LogP contribution < -0.4 is 49.5 Å². The van der Waals surface area contributed by atoms with Crippen LogP contribution in [0.4, 0.5) is 0 Å². The van der Waals surface area contributed by atoms with E-state index in [1.165, 1.54) is 6.92 Å². The molecule has 0 aliphatic carbocycles. The maximum Gasteiger partial charge on any atom is 0.326 e. The van der Waals surface area contributed by atoms with Gasteiger partial charge >= 0.3 is 5.97 Å². The number of carbonyl (C=O) groups excluding carboxylic acids is 9. The van der Waals surface area contributed by atoms with Gasteiger partial charge in [-0.1, -0.05) is 0 Å². The van der Waals surface area contributed by atoms with Gasteiger partial charge in [0, 0.05) is 6.54 Å². The Hall–Kier alpha value is -5.38. The van der Waals surface area contributed by atoms with Gasteiger partial charge in [-0.2, -0.15) is 0 Å². The van der Waals surface area contributed by atoms with Crippen LogP contribution in [0.2, 0.25) is 0 Å². The maximum absolute atomic E-state index is 13.1. The highest BCUT2D eigenvalue weighted by atomic mass is 16.4. The summed E-state index contributed by atoms with van der Waals surface area (Å²) in [6.45, 7) is -0.320. The van der Waals surface area contributed by atoms with Crippen molar-refractivity contribution in [3.8, 4) is 0 Å². The van der Waals surface area contributed by atoms with Crippen molar-refractivity contribution >= 4 is 59.1 Å². The van der Waals surface area contributed by atoms with Gasteiger partial charge in [-0.25, -0.2) is 4.79 Å². The summed E-state index contributed by atoms with van der Waals surface area (Å²) >= 11 is 0. The lowest BCUT2D eigenvalue weighted by atomic mass is 10.1. The van der Waals surface area contributed by atoms with Gasteiger partial charge in [0.05, 0.1) is 32.4 Å². The largest absolute Gasteiger partial charge is 0.480 e. The SMILES string of the molecule is C[C@H](NC(=O)CN)C(=O)N[C@@H](CC(N)=O)C(=O)N[C@@H](CO)C(=O)N[C@@H](CC(N)=O)C(=O)N[C@@H](CC(N)=O)C(=O)N1CCC[C@H]1C(=O)O. The molecule has 6 atom stereocenters. The normalized spacial score (nSPS) is 17.1. The van der Waals surface area contributed by atoms with Gasteiger partial charge in [0.2, 0.25) is 53.2 Å². The number of hydrogen-bond donors (Lipinski definition) is 11. The lowest BCUT2D eigenvalue weighted by Gasteiger charge is -2.28. The van der Waals surface area contributed by atoms with Crippen molar-refractivity contribution in [2.75, 3.05) is 19.7 Å². The van der Waals surface area contributed by atoms with Gasteiger partial charge in [-0.05, 0) is 19.8 Å². The van der Waals surface area contributed by atoms with E-state index in [9.17, 15) is 58.2 Å². The first-order valence-electron chi connectivity index (χ1n) is 14.1. The standard InChI is InChI=1S/C25H40N10O12/c1-10(30-19(40)8-26)20(41)31-11(5-16(27)37)22(43)34-14(9-36)23(44)32-12(6-17(28)38)21(42)33-13(7-18(29)39)24(45)35-4-2-3-15(35)25(46)47/h10-15,36H,2-9,26H2,1H3,(H2,27,37)(H2,28,38)(H2,29,39)(H,30,40)(H,31,41)(H,32,44)(H,33,42)(H,34,43)(H,46,47)/t10-,11-,12-,13-,14-,15-/m0/s1. The summed E-state index contributed by atoms with van der Waals surface area (Å²) in [5.41, 5.74) is 20.7. The predicted molar refractivity (Wildman–Crippen MR) is 155 cm³/mol. The number of aliphatic carboxylic acids is 1. The summed E-state index contributed by atoms with van der Waals surface area (Å²) in [6.07, 6.45) is -2.00. The number of carboxylic acid groups (broad SMARTS) is 1. The van der Waals surface area contributed by atoms with Crippen LogP contribution >= 0.6 is 0 Å². The van der Waals surface area contributed by atoms with E-state index in [2.05, 4.69) is 21.3 Å². The van der Waals surface area contributed by atoms with Crippen molar-refractivity contribution in [2.45, 2.75) is 75.3 Å². The van der Waals surface area contributed by atoms with Crippen molar-refractivity contribution < 1.29 is 58.2 Å². The van der Waals surface area contributed by atoms with Crippen molar-refractivity contribution in [3.63, 3.8) is 0 Å². The molecular formula is C25H40N10O12. The van der Waals surface area contributed by atoms with E-state index in [-0.39, 0.29) is 13.0 Å². The molecule has 0 spiro atoms. The zero-order valence-corrected chi connectivity index (χ0v) is 25.4. The fraction of sp³-hybridized carbons (Fsp3) is 0.600. The van der Waals surface area contributed by atoms with E-state index < -0.39 is 128 Å². The van der Waals surface area contributed by atoms with Crippen LogP contribution in [-0.2, 0) is 47.9 Å². The average molecular weight is 673 g/mol. The molecule has 0 aromatic heterocycles. The average Bonchev–Trinajstić information content (AvgIpc) is 3.48. The first-order chi connectivity index (χ1) is 21.9.